The summed E-state index contributed by atoms with van der Waals surface area (Å²) < 4.78 is 5.11. The standard InChI is InChI=1S/C14H18ClNO2/c1-2-18-14(17)12-4-3-5-13(12)16-11-8-6-10(15)7-9-11/h6-9,12-13,16H,2-5H2,1H3. The van der Waals surface area contributed by atoms with E-state index in [2.05, 4.69) is 5.32 Å². The second-order valence-corrected chi connectivity index (χ2v) is 4.98. The van der Waals surface area contributed by atoms with Gasteiger partial charge in [-0.15, -0.1) is 0 Å². The lowest BCUT2D eigenvalue weighted by Gasteiger charge is -2.20. The fourth-order valence-electron chi connectivity index (χ4n) is 2.42. The molecule has 0 saturated heterocycles. The van der Waals surface area contributed by atoms with Gasteiger partial charge in [0, 0.05) is 16.8 Å². The number of halogens is 1. The summed E-state index contributed by atoms with van der Waals surface area (Å²) in [4.78, 5) is 11.8. The van der Waals surface area contributed by atoms with Crippen molar-refractivity contribution in [3.05, 3.63) is 29.3 Å². The summed E-state index contributed by atoms with van der Waals surface area (Å²) in [6.07, 6.45) is 2.98. The Morgan fingerprint density at radius 3 is 2.78 bits per heavy atom. The molecule has 4 heteroatoms. The molecule has 1 aliphatic rings. The fourth-order valence-corrected chi connectivity index (χ4v) is 2.55. The SMILES string of the molecule is CCOC(=O)C1CCCC1Nc1ccc(Cl)cc1. The molecule has 18 heavy (non-hydrogen) atoms. The largest absolute Gasteiger partial charge is 0.466 e. The quantitative estimate of drug-likeness (QED) is 0.849. The minimum absolute atomic E-state index is 0.0272. The number of rotatable bonds is 4. The smallest absolute Gasteiger partial charge is 0.311 e. The topological polar surface area (TPSA) is 38.3 Å². The van der Waals surface area contributed by atoms with Crippen LogP contribution in [-0.4, -0.2) is 18.6 Å². The van der Waals surface area contributed by atoms with Gasteiger partial charge in [0.25, 0.3) is 0 Å². The molecule has 98 valence electrons. The first-order valence-corrected chi connectivity index (χ1v) is 6.77. The van der Waals surface area contributed by atoms with Crippen LogP contribution in [0.5, 0.6) is 0 Å². The number of hydrogen-bond acceptors (Lipinski definition) is 3. The average Bonchev–Trinajstić information content (AvgIpc) is 2.81. The van der Waals surface area contributed by atoms with Gasteiger partial charge in [-0.3, -0.25) is 4.79 Å². The van der Waals surface area contributed by atoms with Gasteiger partial charge < -0.3 is 10.1 Å². The fraction of sp³-hybridized carbons (Fsp3) is 0.500. The van der Waals surface area contributed by atoms with Crippen molar-refractivity contribution in [3.63, 3.8) is 0 Å². The Labute approximate surface area is 112 Å². The molecule has 1 saturated carbocycles. The third kappa shape index (κ3) is 3.16. The van der Waals surface area contributed by atoms with Crippen molar-refractivity contribution in [1.29, 1.82) is 0 Å². The number of carbonyl (C=O) groups excluding carboxylic acids is 1. The predicted molar refractivity (Wildman–Crippen MR) is 72.8 cm³/mol. The average molecular weight is 268 g/mol. The number of anilines is 1. The molecule has 0 aliphatic heterocycles. The van der Waals surface area contributed by atoms with Gasteiger partial charge in [0.15, 0.2) is 0 Å². The maximum atomic E-state index is 11.8. The summed E-state index contributed by atoms with van der Waals surface area (Å²) in [5.41, 5.74) is 1.00. The summed E-state index contributed by atoms with van der Waals surface area (Å²) in [6, 6.07) is 7.73. The summed E-state index contributed by atoms with van der Waals surface area (Å²) in [7, 11) is 0. The van der Waals surface area contributed by atoms with Crippen molar-refractivity contribution in [2.75, 3.05) is 11.9 Å². The Bertz CT molecular complexity index is 405. The van der Waals surface area contributed by atoms with E-state index in [0.717, 1.165) is 24.9 Å². The number of ether oxygens (including phenoxy) is 1. The van der Waals surface area contributed by atoms with E-state index in [1.807, 2.05) is 31.2 Å². The molecule has 0 spiro atoms. The lowest BCUT2D eigenvalue weighted by molar-refractivity contribution is -0.147. The third-order valence-electron chi connectivity index (χ3n) is 3.30. The highest BCUT2D eigenvalue weighted by Gasteiger charge is 2.33. The molecule has 1 N–H and O–H groups in total. The van der Waals surface area contributed by atoms with Gasteiger partial charge in [-0.05, 0) is 44.0 Å². The molecule has 0 aromatic heterocycles. The van der Waals surface area contributed by atoms with Crippen LogP contribution in [-0.2, 0) is 9.53 Å². The number of benzene rings is 1. The van der Waals surface area contributed by atoms with Gasteiger partial charge in [-0.2, -0.15) is 0 Å². The first-order valence-electron chi connectivity index (χ1n) is 6.39. The van der Waals surface area contributed by atoms with Crippen molar-refractivity contribution in [2.45, 2.75) is 32.2 Å². The highest BCUT2D eigenvalue weighted by atomic mass is 35.5. The highest BCUT2D eigenvalue weighted by molar-refractivity contribution is 6.30. The Morgan fingerprint density at radius 2 is 2.11 bits per heavy atom. The van der Waals surface area contributed by atoms with E-state index in [-0.39, 0.29) is 17.9 Å². The van der Waals surface area contributed by atoms with E-state index in [9.17, 15) is 4.79 Å². The van der Waals surface area contributed by atoms with Crippen LogP contribution in [0.15, 0.2) is 24.3 Å². The van der Waals surface area contributed by atoms with Crippen molar-refractivity contribution in [3.8, 4) is 0 Å². The molecule has 0 amide bonds. The van der Waals surface area contributed by atoms with Crippen LogP contribution in [0.4, 0.5) is 5.69 Å². The number of hydrogen-bond donors (Lipinski definition) is 1. The zero-order valence-electron chi connectivity index (χ0n) is 10.5. The maximum Gasteiger partial charge on any atom is 0.311 e. The van der Waals surface area contributed by atoms with Crippen LogP contribution in [0.25, 0.3) is 0 Å². The van der Waals surface area contributed by atoms with Crippen LogP contribution in [0, 0.1) is 5.92 Å². The van der Waals surface area contributed by atoms with Crippen molar-refractivity contribution >= 4 is 23.3 Å². The molecular formula is C14H18ClNO2. The Hall–Kier alpha value is -1.22. The molecular weight excluding hydrogens is 250 g/mol. The lowest BCUT2D eigenvalue weighted by Crippen LogP contribution is -2.31. The van der Waals surface area contributed by atoms with Crippen LogP contribution in [0.1, 0.15) is 26.2 Å². The summed E-state index contributed by atoms with van der Waals surface area (Å²) in [6.45, 7) is 2.29. The van der Waals surface area contributed by atoms with Crippen LogP contribution in [0.2, 0.25) is 5.02 Å². The summed E-state index contributed by atoms with van der Waals surface area (Å²) >= 11 is 5.85. The Balaban J connectivity index is 1.99. The van der Waals surface area contributed by atoms with Crippen LogP contribution in [0.3, 0.4) is 0 Å². The number of carbonyl (C=O) groups is 1. The van der Waals surface area contributed by atoms with Gasteiger partial charge in [-0.1, -0.05) is 18.0 Å². The Kier molecular flexibility index (Phi) is 4.48. The van der Waals surface area contributed by atoms with Crippen molar-refractivity contribution in [1.82, 2.24) is 0 Å². The first-order chi connectivity index (χ1) is 8.70. The molecule has 3 nitrogen and oxygen atoms in total. The van der Waals surface area contributed by atoms with Gasteiger partial charge in [0.05, 0.1) is 12.5 Å². The summed E-state index contributed by atoms with van der Waals surface area (Å²) in [5.74, 6) is -0.109. The minimum Gasteiger partial charge on any atom is -0.466 e. The normalized spacial score (nSPS) is 22.8. The highest BCUT2D eigenvalue weighted by Crippen LogP contribution is 2.29. The molecule has 0 bridgehead atoms. The van der Waals surface area contributed by atoms with Gasteiger partial charge >= 0.3 is 5.97 Å². The molecule has 1 aromatic rings. The number of nitrogens with one attached hydrogen (secondary N) is 1. The second-order valence-electron chi connectivity index (χ2n) is 4.55. The van der Waals surface area contributed by atoms with Crippen molar-refractivity contribution in [2.24, 2.45) is 5.92 Å². The van der Waals surface area contributed by atoms with E-state index in [1.165, 1.54) is 0 Å². The predicted octanol–water partition coefficient (Wildman–Crippen LogP) is 3.48. The molecule has 2 atom stereocenters. The molecule has 1 fully saturated rings. The molecule has 1 aromatic carbocycles. The first kappa shape index (κ1) is 13.2. The summed E-state index contributed by atoms with van der Waals surface area (Å²) in [5, 5.41) is 4.11. The van der Waals surface area contributed by atoms with Gasteiger partial charge in [0.1, 0.15) is 0 Å². The van der Waals surface area contributed by atoms with Crippen LogP contribution < -0.4 is 5.32 Å². The van der Waals surface area contributed by atoms with Gasteiger partial charge in [0.2, 0.25) is 0 Å². The van der Waals surface area contributed by atoms with Gasteiger partial charge in [-0.25, -0.2) is 0 Å². The van der Waals surface area contributed by atoms with Crippen LogP contribution >= 0.6 is 11.6 Å². The molecule has 0 heterocycles. The monoisotopic (exact) mass is 267 g/mol. The Morgan fingerprint density at radius 1 is 1.39 bits per heavy atom. The van der Waals surface area contributed by atoms with E-state index in [4.69, 9.17) is 16.3 Å². The maximum absolute atomic E-state index is 11.8. The molecule has 1 aliphatic carbocycles. The third-order valence-corrected chi connectivity index (χ3v) is 3.55. The molecule has 2 rings (SSSR count). The van der Waals surface area contributed by atoms with E-state index in [0.29, 0.717) is 11.6 Å². The second kappa shape index (κ2) is 6.10. The lowest BCUT2D eigenvalue weighted by atomic mass is 10.0. The minimum atomic E-state index is -0.0820. The zero-order chi connectivity index (χ0) is 13.0. The number of esters is 1. The van der Waals surface area contributed by atoms with E-state index in [1.54, 1.807) is 0 Å². The van der Waals surface area contributed by atoms with E-state index >= 15 is 0 Å². The van der Waals surface area contributed by atoms with E-state index < -0.39 is 0 Å². The molecule has 2 unspecified atom stereocenters. The van der Waals surface area contributed by atoms with Crippen molar-refractivity contribution < 1.29 is 9.53 Å². The molecule has 0 radical (unpaired) electrons. The zero-order valence-corrected chi connectivity index (χ0v) is 11.2.